The number of aryl methyl sites for hydroxylation is 2. The van der Waals surface area contributed by atoms with Gasteiger partial charge in [-0.25, -0.2) is 0 Å². The van der Waals surface area contributed by atoms with E-state index < -0.39 is 0 Å². The topological polar surface area (TPSA) is 36.8 Å². The largest absolute Gasteiger partial charge is 0.300 e. The number of aliphatic imine (C=N–C) groups is 2. The molecule has 1 spiro atoms. The van der Waals surface area contributed by atoms with E-state index in [-0.39, 0.29) is 0 Å². The molecule has 1 saturated carbocycles. The Morgan fingerprint density at radius 3 is 1.82 bits per heavy atom. The van der Waals surface area contributed by atoms with E-state index in [4.69, 9.17) is 9.98 Å². The number of nitrogens with one attached hydrogen (secondary N) is 1. The number of para-hydroxylation sites is 2. The van der Waals surface area contributed by atoms with Crippen LogP contribution in [0.3, 0.4) is 0 Å². The van der Waals surface area contributed by atoms with Gasteiger partial charge >= 0.3 is 0 Å². The van der Waals surface area contributed by atoms with Crippen LogP contribution in [0, 0.1) is 19.3 Å². The van der Waals surface area contributed by atoms with Gasteiger partial charge in [-0.05, 0) is 82.1 Å². The van der Waals surface area contributed by atoms with E-state index in [9.17, 15) is 0 Å². The van der Waals surface area contributed by atoms with Gasteiger partial charge in [-0.3, -0.25) is 9.98 Å². The summed E-state index contributed by atoms with van der Waals surface area (Å²) in [5.41, 5.74) is 7.41. The monoisotopic (exact) mass is 443 g/mol. The molecule has 3 heteroatoms. The minimum absolute atomic E-state index is 0.299. The highest BCUT2D eigenvalue weighted by atomic mass is 15.0. The lowest BCUT2D eigenvalue weighted by atomic mass is 9.64. The van der Waals surface area contributed by atoms with Gasteiger partial charge < -0.3 is 5.32 Å². The first-order valence-corrected chi connectivity index (χ1v) is 13.0. The van der Waals surface area contributed by atoms with Gasteiger partial charge in [0.05, 0.1) is 17.4 Å². The molecular formula is C30H41N3. The van der Waals surface area contributed by atoms with Crippen molar-refractivity contribution in [2.45, 2.75) is 97.6 Å². The van der Waals surface area contributed by atoms with E-state index in [0.29, 0.717) is 17.5 Å². The van der Waals surface area contributed by atoms with Gasteiger partial charge in [0.15, 0.2) is 0 Å². The van der Waals surface area contributed by atoms with Crippen LogP contribution < -0.4 is 5.32 Å². The smallest absolute Gasteiger partial charge is 0.0658 e. The Bertz CT molecular complexity index is 995. The molecule has 0 aromatic heterocycles. The van der Waals surface area contributed by atoms with Crippen LogP contribution in [0.15, 0.2) is 58.5 Å². The van der Waals surface area contributed by atoms with Crippen LogP contribution in [-0.4, -0.2) is 23.5 Å². The van der Waals surface area contributed by atoms with Crippen molar-refractivity contribution < 1.29 is 0 Å². The van der Waals surface area contributed by atoms with Gasteiger partial charge in [0.1, 0.15) is 0 Å². The van der Waals surface area contributed by atoms with Crippen LogP contribution in [-0.2, 0) is 0 Å². The molecule has 1 aliphatic heterocycles. The van der Waals surface area contributed by atoms with Crippen molar-refractivity contribution in [3.05, 3.63) is 59.7 Å². The molecule has 2 atom stereocenters. The van der Waals surface area contributed by atoms with Crippen LogP contribution in [0.5, 0.6) is 0 Å². The minimum Gasteiger partial charge on any atom is -0.300 e. The Morgan fingerprint density at radius 2 is 1.24 bits per heavy atom. The zero-order chi connectivity index (χ0) is 23.3. The maximum absolute atomic E-state index is 5.19. The molecule has 1 N–H and O–H groups in total. The van der Waals surface area contributed by atoms with Crippen LogP contribution >= 0.6 is 0 Å². The molecule has 2 aliphatic rings. The van der Waals surface area contributed by atoms with Crippen LogP contribution in [0.2, 0.25) is 0 Å². The summed E-state index contributed by atoms with van der Waals surface area (Å²) in [5, 5.41) is 4.08. The van der Waals surface area contributed by atoms with Crippen molar-refractivity contribution in [1.82, 2.24) is 5.32 Å². The average molecular weight is 444 g/mol. The van der Waals surface area contributed by atoms with Crippen LogP contribution in [0.4, 0.5) is 11.4 Å². The van der Waals surface area contributed by atoms with Gasteiger partial charge in [-0.15, -0.1) is 0 Å². The standard InChI is InChI=1S/C30H41N3/c1-22-14-8-10-16-26(22)31-24(3)28-18-21-30(19-12-6-5-7-13-20-30)29(33-28)25(4)32-27-17-11-9-15-23(27)2/h8-11,14-17,28-29,33H,5-7,12-13,18-21H2,1-4H3/b31-24+,32-25+. The van der Waals surface area contributed by atoms with E-state index in [1.807, 2.05) is 0 Å². The molecule has 4 rings (SSSR count). The number of rotatable bonds is 4. The molecule has 1 saturated heterocycles. The van der Waals surface area contributed by atoms with Gasteiger partial charge in [0.25, 0.3) is 0 Å². The number of piperidine rings is 1. The first-order chi connectivity index (χ1) is 16.0. The van der Waals surface area contributed by atoms with Crippen molar-refractivity contribution in [1.29, 1.82) is 0 Å². The fraction of sp³-hybridized carbons (Fsp3) is 0.533. The lowest BCUT2D eigenvalue weighted by molar-refractivity contribution is 0.118. The molecule has 2 fully saturated rings. The molecular weight excluding hydrogens is 402 g/mol. The number of nitrogens with zero attached hydrogens (tertiary/aromatic N) is 2. The van der Waals surface area contributed by atoms with Crippen molar-refractivity contribution in [2.24, 2.45) is 15.4 Å². The Labute approximate surface area is 200 Å². The predicted octanol–water partition coefficient (Wildman–Crippen LogP) is 8.04. The first-order valence-electron chi connectivity index (χ1n) is 13.0. The molecule has 3 nitrogen and oxygen atoms in total. The molecule has 1 aliphatic carbocycles. The molecule has 2 aromatic rings. The summed E-state index contributed by atoms with van der Waals surface area (Å²) in [6.07, 6.45) is 11.9. The Kier molecular flexibility index (Phi) is 7.80. The number of hydrogen-bond acceptors (Lipinski definition) is 3. The second kappa shape index (κ2) is 10.8. The fourth-order valence-corrected chi connectivity index (χ4v) is 5.98. The lowest BCUT2D eigenvalue weighted by Crippen LogP contribution is -2.59. The van der Waals surface area contributed by atoms with Gasteiger partial charge in [-0.2, -0.15) is 0 Å². The van der Waals surface area contributed by atoms with Crippen LogP contribution in [0.1, 0.15) is 82.8 Å². The molecule has 0 radical (unpaired) electrons. The van der Waals surface area contributed by atoms with Gasteiger partial charge in [-0.1, -0.05) is 68.5 Å². The zero-order valence-corrected chi connectivity index (χ0v) is 21.0. The summed E-state index contributed by atoms with van der Waals surface area (Å²) in [5.74, 6) is 0. The molecule has 2 aromatic carbocycles. The Balaban J connectivity index is 1.65. The Hall–Kier alpha value is -2.26. The molecule has 2 unspecified atom stereocenters. The number of benzene rings is 2. The van der Waals surface area contributed by atoms with Crippen molar-refractivity contribution in [3.8, 4) is 0 Å². The second-order valence-corrected chi connectivity index (χ2v) is 10.4. The highest BCUT2D eigenvalue weighted by Gasteiger charge is 2.44. The minimum atomic E-state index is 0.299. The summed E-state index contributed by atoms with van der Waals surface area (Å²) in [7, 11) is 0. The van der Waals surface area contributed by atoms with Gasteiger partial charge in [0, 0.05) is 17.5 Å². The normalized spacial score (nSPS) is 24.4. The van der Waals surface area contributed by atoms with Crippen molar-refractivity contribution >= 4 is 22.8 Å². The summed E-state index contributed by atoms with van der Waals surface area (Å²) in [6, 6.07) is 17.5. The fourth-order valence-electron chi connectivity index (χ4n) is 5.98. The van der Waals surface area contributed by atoms with Gasteiger partial charge in [0.2, 0.25) is 0 Å². The number of hydrogen-bond donors (Lipinski definition) is 1. The lowest BCUT2D eigenvalue weighted by Gasteiger charge is -2.49. The Morgan fingerprint density at radius 1 is 0.727 bits per heavy atom. The molecule has 176 valence electrons. The third kappa shape index (κ3) is 5.63. The summed E-state index contributed by atoms with van der Waals surface area (Å²) >= 11 is 0. The maximum Gasteiger partial charge on any atom is 0.0658 e. The van der Waals surface area contributed by atoms with E-state index in [1.54, 1.807) is 0 Å². The SMILES string of the molecule is C/C(=N\c1ccccc1C)C1CCC2(CCCCCCC2)C(/C(C)=N/c2ccccc2C)N1. The predicted molar refractivity (Wildman–Crippen MR) is 143 cm³/mol. The van der Waals surface area contributed by atoms with E-state index in [0.717, 1.165) is 17.8 Å². The summed E-state index contributed by atoms with van der Waals surface area (Å²) in [6.45, 7) is 8.76. The third-order valence-electron chi connectivity index (χ3n) is 8.01. The molecule has 1 heterocycles. The summed E-state index contributed by atoms with van der Waals surface area (Å²) in [4.78, 5) is 10.2. The molecule has 0 amide bonds. The van der Waals surface area contributed by atoms with E-state index in [2.05, 4.69) is 81.5 Å². The highest BCUT2D eigenvalue weighted by Crippen LogP contribution is 2.45. The van der Waals surface area contributed by atoms with Crippen LogP contribution in [0.25, 0.3) is 0 Å². The third-order valence-corrected chi connectivity index (χ3v) is 8.01. The summed E-state index contributed by atoms with van der Waals surface area (Å²) < 4.78 is 0. The van der Waals surface area contributed by atoms with Crippen molar-refractivity contribution in [3.63, 3.8) is 0 Å². The van der Waals surface area contributed by atoms with E-state index >= 15 is 0 Å². The highest BCUT2D eigenvalue weighted by molar-refractivity contribution is 5.94. The average Bonchev–Trinajstić information content (AvgIpc) is 2.79. The molecule has 0 bridgehead atoms. The first kappa shape index (κ1) is 23.9. The zero-order valence-electron chi connectivity index (χ0n) is 21.0. The quantitative estimate of drug-likeness (QED) is 0.477. The van der Waals surface area contributed by atoms with Crippen molar-refractivity contribution in [2.75, 3.05) is 0 Å². The second-order valence-electron chi connectivity index (χ2n) is 10.4. The maximum atomic E-state index is 5.19. The molecule has 33 heavy (non-hydrogen) atoms. The van der Waals surface area contributed by atoms with E-state index in [1.165, 1.54) is 73.9 Å².